The van der Waals surface area contributed by atoms with Crippen LogP contribution in [0.2, 0.25) is 0 Å². The number of nitrogens with one attached hydrogen (secondary N) is 1. The summed E-state index contributed by atoms with van der Waals surface area (Å²) < 4.78 is 4.77. The first-order chi connectivity index (χ1) is 7.09. The van der Waals surface area contributed by atoms with Crippen molar-refractivity contribution in [2.45, 2.75) is 31.7 Å². The summed E-state index contributed by atoms with van der Waals surface area (Å²) in [5, 5.41) is 7.03. The number of aromatic amines is 1. The van der Waals surface area contributed by atoms with Gasteiger partial charge in [0.25, 0.3) is 0 Å². The highest BCUT2D eigenvalue weighted by Crippen LogP contribution is 2.35. The average Bonchev–Trinajstić information content (AvgIpc) is 2.61. The molecule has 0 spiro atoms. The minimum absolute atomic E-state index is 0.382. The van der Waals surface area contributed by atoms with Gasteiger partial charge in [0, 0.05) is 11.3 Å². The largest absolute Gasteiger partial charge is 0.467 e. The fraction of sp³-hybridized carbons (Fsp3) is 0.600. The SMILES string of the molecule is COC(=O)C1(N)CCCc2n[nH]c(C)c21. The molecule has 0 amide bonds. The van der Waals surface area contributed by atoms with Crippen LogP contribution in [0.4, 0.5) is 0 Å². The van der Waals surface area contributed by atoms with Gasteiger partial charge < -0.3 is 10.5 Å². The third kappa shape index (κ3) is 1.34. The van der Waals surface area contributed by atoms with Gasteiger partial charge in [0.1, 0.15) is 5.54 Å². The molecular formula is C10H15N3O2. The van der Waals surface area contributed by atoms with Crippen molar-refractivity contribution in [1.29, 1.82) is 0 Å². The molecule has 1 aliphatic carbocycles. The Kier molecular flexibility index (Phi) is 2.26. The van der Waals surface area contributed by atoms with E-state index in [9.17, 15) is 4.79 Å². The van der Waals surface area contributed by atoms with Gasteiger partial charge in [0.2, 0.25) is 0 Å². The van der Waals surface area contributed by atoms with Crippen LogP contribution in [0.3, 0.4) is 0 Å². The molecule has 0 fully saturated rings. The summed E-state index contributed by atoms with van der Waals surface area (Å²) in [7, 11) is 1.36. The molecule has 1 aromatic heterocycles. The number of nitrogens with zero attached hydrogens (tertiary/aromatic N) is 1. The molecule has 1 heterocycles. The van der Waals surface area contributed by atoms with Crippen LogP contribution in [0.1, 0.15) is 29.8 Å². The van der Waals surface area contributed by atoms with E-state index in [-0.39, 0.29) is 5.97 Å². The lowest BCUT2D eigenvalue weighted by Crippen LogP contribution is -2.48. The van der Waals surface area contributed by atoms with Gasteiger partial charge in [-0.15, -0.1) is 0 Å². The van der Waals surface area contributed by atoms with Crippen LogP contribution < -0.4 is 5.73 Å². The Bertz CT molecular complexity index is 399. The third-order valence-corrected chi connectivity index (χ3v) is 3.00. The lowest BCUT2D eigenvalue weighted by molar-refractivity contribution is -0.148. The van der Waals surface area contributed by atoms with Gasteiger partial charge in [-0.3, -0.25) is 5.10 Å². The first kappa shape index (κ1) is 10.2. The molecule has 1 aromatic rings. The van der Waals surface area contributed by atoms with Gasteiger partial charge >= 0.3 is 5.97 Å². The molecular weight excluding hydrogens is 194 g/mol. The first-order valence-electron chi connectivity index (χ1n) is 5.01. The number of methoxy groups -OCH3 is 1. The lowest BCUT2D eigenvalue weighted by Gasteiger charge is -2.30. The average molecular weight is 209 g/mol. The quantitative estimate of drug-likeness (QED) is 0.655. The topological polar surface area (TPSA) is 81.0 Å². The van der Waals surface area contributed by atoms with Gasteiger partial charge in [0.15, 0.2) is 0 Å². The fourth-order valence-corrected chi connectivity index (χ4v) is 2.30. The summed E-state index contributed by atoms with van der Waals surface area (Å²) in [6.07, 6.45) is 2.35. The molecule has 5 nitrogen and oxygen atoms in total. The number of aryl methyl sites for hydroxylation is 2. The molecule has 0 saturated heterocycles. The minimum atomic E-state index is -1.01. The number of H-pyrrole nitrogens is 1. The third-order valence-electron chi connectivity index (χ3n) is 3.00. The second kappa shape index (κ2) is 3.34. The second-order valence-electron chi connectivity index (χ2n) is 3.99. The summed E-state index contributed by atoms with van der Waals surface area (Å²) in [6.45, 7) is 1.88. The van der Waals surface area contributed by atoms with Crippen LogP contribution in [-0.2, 0) is 21.5 Å². The van der Waals surface area contributed by atoms with Gasteiger partial charge in [-0.1, -0.05) is 0 Å². The molecule has 0 aliphatic heterocycles. The monoisotopic (exact) mass is 209 g/mol. The number of carbonyl (C=O) groups is 1. The number of carbonyl (C=O) groups excluding carboxylic acids is 1. The number of rotatable bonds is 1. The Morgan fingerprint density at radius 3 is 3.07 bits per heavy atom. The second-order valence-corrected chi connectivity index (χ2v) is 3.99. The van der Waals surface area contributed by atoms with Crippen molar-refractivity contribution in [3.63, 3.8) is 0 Å². The maximum absolute atomic E-state index is 11.7. The highest BCUT2D eigenvalue weighted by atomic mass is 16.5. The standard InChI is InChI=1S/C10H15N3O2/c1-6-8-7(13-12-6)4-3-5-10(8,11)9(14)15-2/h3-5,11H2,1-2H3,(H,12,13). The number of hydrogen-bond donors (Lipinski definition) is 2. The molecule has 1 unspecified atom stereocenters. The summed E-state index contributed by atoms with van der Waals surface area (Å²) in [5.41, 5.74) is 7.69. The van der Waals surface area contributed by atoms with Gasteiger partial charge in [-0.05, 0) is 26.2 Å². The molecule has 1 atom stereocenters. The van der Waals surface area contributed by atoms with E-state index in [0.29, 0.717) is 6.42 Å². The Morgan fingerprint density at radius 2 is 2.40 bits per heavy atom. The maximum Gasteiger partial charge on any atom is 0.330 e. The maximum atomic E-state index is 11.7. The van der Waals surface area contributed by atoms with E-state index in [1.165, 1.54) is 7.11 Å². The Balaban J connectivity index is 2.53. The first-order valence-corrected chi connectivity index (χ1v) is 5.01. The molecule has 15 heavy (non-hydrogen) atoms. The zero-order valence-corrected chi connectivity index (χ0v) is 8.96. The number of hydrogen-bond acceptors (Lipinski definition) is 4. The normalized spacial score (nSPS) is 24.7. The number of fused-ring (bicyclic) bond motifs is 1. The van der Waals surface area contributed by atoms with E-state index in [1.807, 2.05) is 6.92 Å². The summed E-state index contributed by atoms with van der Waals surface area (Å²) in [4.78, 5) is 11.7. The van der Waals surface area contributed by atoms with Crippen LogP contribution in [0.5, 0.6) is 0 Å². The van der Waals surface area contributed by atoms with E-state index in [0.717, 1.165) is 29.8 Å². The van der Waals surface area contributed by atoms with Crippen molar-refractivity contribution < 1.29 is 9.53 Å². The molecule has 0 bridgehead atoms. The van der Waals surface area contributed by atoms with Crippen LogP contribution in [-0.4, -0.2) is 23.3 Å². The van der Waals surface area contributed by atoms with Gasteiger partial charge in [0.05, 0.1) is 12.8 Å². The Morgan fingerprint density at radius 1 is 1.67 bits per heavy atom. The van der Waals surface area contributed by atoms with Crippen molar-refractivity contribution in [2.24, 2.45) is 5.73 Å². The molecule has 0 saturated carbocycles. The molecule has 82 valence electrons. The molecule has 0 radical (unpaired) electrons. The fourth-order valence-electron chi connectivity index (χ4n) is 2.30. The van der Waals surface area contributed by atoms with Gasteiger partial charge in [-0.2, -0.15) is 5.10 Å². The Labute approximate surface area is 88.0 Å². The highest BCUT2D eigenvalue weighted by Gasteiger charge is 2.43. The zero-order chi connectivity index (χ0) is 11.1. The Hall–Kier alpha value is -1.36. The molecule has 0 aromatic carbocycles. The van der Waals surface area contributed by atoms with E-state index < -0.39 is 5.54 Å². The van der Waals surface area contributed by atoms with Crippen LogP contribution in [0.15, 0.2) is 0 Å². The predicted octanol–water partition coefficient (Wildman–Crippen LogP) is 0.381. The zero-order valence-electron chi connectivity index (χ0n) is 8.96. The van der Waals surface area contributed by atoms with E-state index in [1.54, 1.807) is 0 Å². The van der Waals surface area contributed by atoms with Crippen LogP contribution in [0, 0.1) is 6.92 Å². The molecule has 3 N–H and O–H groups in total. The van der Waals surface area contributed by atoms with Crippen molar-refractivity contribution in [1.82, 2.24) is 10.2 Å². The van der Waals surface area contributed by atoms with Crippen molar-refractivity contribution >= 4 is 5.97 Å². The minimum Gasteiger partial charge on any atom is -0.467 e. The molecule has 5 heteroatoms. The number of esters is 1. The summed E-state index contributed by atoms with van der Waals surface area (Å²) >= 11 is 0. The van der Waals surface area contributed by atoms with Crippen molar-refractivity contribution in [3.8, 4) is 0 Å². The van der Waals surface area contributed by atoms with Gasteiger partial charge in [-0.25, -0.2) is 4.79 Å². The summed E-state index contributed by atoms with van der Waals surface area (Å²) in [5.74, 6) is -0.382. The molecule has 2 rings (SSSR count). The van der Waals surface area contributed by atoms with Crippen molar-refractivity contribution in [2.75, 3.05) is 7.11 Å². The van der Waals surface area contributed by atoms with E-state index >= 15 is 0 Å². The van der Waals surface area contributed by atoms with Crippen molar-refractivity contribution in [3.05, 3.63) is 17.0 Å². The molecule has 1 aliphatic rings. The van der Waals surface area contributed by atoms with Crippen LogP contribution >= 0.6 is 0 Å². The lowest BCUT2D eigenvalue weighted by atomic mass is 9.79. The van der Waals surface area contributed by atoms with Crippen LogP contribution in [0.25, 0.3) is 0 Å². The smallest absolute Gasteiger partial charge is 0.330 e. The summed E-state index contributed by atoms with van der Waals surface area (Å²) in [6, 6.07) is 0. The van der Waals surface area contributed by atoms with E-state index in [4.69, 9.17) is 10.5 Å². The number of ether oxygens (including phenoxy) is 1. The van der Waals surface area contributed by atoms with E-state index in [2.05, 4.69) is 10.2 Å². The highest BCUT2D eigenvalue weighted by molar-refractivity contribution is 5.83. The number of nitrogens with two attached hydrogens (primary N) is 1. The predicted molar refractivity (Wildman–Crippen MR) is 54.1 cm³/mol. The number of aromatic nitrogens is 2.